The molecule has 0 aliphatic carbocycles. The van der Waals surface area contributed by atoms with Gasteiger partial charge in [-0.3, -0.25) is 0 Å². The first-order chi connectivity index (χ1) is 9.18. The van der Waals surface area contributed by atoms with Gasteiger partial charge in [0.15, 0.2) is 9.84 Å². The lowest BCUT2D eigenvalue weighted by atomic mass is 9.82. The number of para-hydroxylation sites is 1. The number of benzene rings is 1. The van der Waals surface area contributed by atoms with Crippen LogP contribution in [0.3, 0.4) is 0 Å². The van der Waals surface area contributed by atoms with E-state index in [9.17, 15) is 8.42 Å². The van der Waals surface area contributed by atoms with Gasteiger partial charge in [0.05, 0.1) is 16.3 Å². The second-order valence-electron chi connectivity index (χ2n) is 6.46. The quantitative estimate of drug-likeness (QED) is 0.864. The summed E-state index contributed by atoms with van der Waals surface area (Å²) in [5.41, 5.74) is 0.918. The van der Waals surface area contributed by atoms with E-state index in [1.165, 1.54) is 0 Å². The summed E-state index contributed by atoms with van der Waals surface area (Å²) in [5.74, 6) is 0.644. The van der Waals surface area contributed by atoms with Crippen molar-refractivity contribution < 1.29 is 8.42 Å². The van der Waals surface area contributed by atoms with Gasteiger partial charge < -0.3 is 5.32 Å². The van der Waals surface area contributed by atoms with Crippen molar-refractivity contribution in [2.75, 3.05) is 17.6 Å². The van der Waals surface area contributed by atoms with E-state index in [-0.39, 0.29) is 11.2 Å². The van der Waals surface area contributed by atoms with Crippen LogP contribution >= 0.6 is 0 Å². The molecule has 1 atom stereocenters. The highest BCUT2D eigenvalue weighted by Gasteiger charge is 2.21. The van der Waals surface area contributed by atoms with E-state index >= 15 is 0 Å². The molecule has 1 aromatic carbocycles. The van der Waals surface area contributed by atoms with Crippen molar-refractivity contribution in [3.63, 3.8) is 0 Å². The van der Waals surface area contributed by atoms with Crippen LogP contribution in [0.2, 0.25) is 0 Å². The third-order valence-electron chi connectivity index (χ3n) is 3.77. The molecule has 1 aromatic rings. The molecule has 3 nitrogen and oxygen atoms in total. The Labute approximate surface area is 123 Å². The maximum Gasteiger partial charge on any atom is 0.180 e. The third kappa shape index (κ3) is 4.51. The Bertz CT molecular complexity index is 530. The van der Waals surface area contributed by atoms with Crippen molar-refractivity contribution in [2.45, 2.75) is 45.9 Å². The molecular formula is C16H27NO2S. The van der Waals surface area contributed by atoms with Crippen LogP contribution < -0.4 is 5.32 Å². The summed E-state index contributed by atoms with van der Waals surface area (Å²) < 4.78 is 24.5. The molecule has 0 saturated carbocycles. The number of anilines is 1. The van der Waals surface area contributed by atoms with Crippen molar-refractivity contribution in [1.29, 1.82) is 0 Å². The molecule has 1 N–H and O–H groups in total. The molecule has 0 aromatic heterocycles. The number of sulfone groups is 1. The van der Waals surface area contributed by atoms with Gasteiger partial charge in [0.2, 0.25) is 0 Å². The molecule has 20 heavy (non-hydrogen) atoms. The van der Waals surface area contributed by atoms with Gasteiger partial charge in [0.1, 0.15) is 0 Å². The lowest BCUT2D eigenvalue weighted by molar-refractivity contribution is 0.274. The summed E-state index contributed by atoms with van der Waals surface area (Å²) in [7, 11) is -3.19. The summed E-state index contributed by atoms with van der Waals surface area (Å²) in [4.78, 5) is 0.419. The molecule has 0 fully saturated rings. The van der Waals surface area contributed by atoms with E-state index in [0.717, 1.165) is 12.2 Å². The monoisotopic (exact) mass is 297 g/mol. The molecular weight excluding hydrogens is 270 g/mol. The van der Waals surface area contributed by atoms with Gasteiger partial charge in [-0.1, -0.05) is 46.8 Å². The summed E-state index contributed by atoms with van der Waals surface area (Å²) in [6, 6.07) is 7.18. The zero-order chi connectivity index (χ0) is 15.4. The Balaban J connectivity index is 2.93. The zero-order valence-corrected chi connectivity index (χ0v) is 14.0. The fraction of sp³-hybridized carbons (Fsp3) is 0.625. The van der Waals surface area contributed by atoms with Gasteiger partial charge in [0.25, 0.3) is 0 Å². The second kappa shape index (κ2) is 6.61. The average Bonchev–Trinajstić information content (AvgIpc) is 2.35. The van der Waals surface area contributed by atoms with E-state index in [4.69, 9.17) is 0 Å². The van der Waals surface area contributed by atoms with Crippen LogP contribution in [0.4, 0.5) is 5.69 Å². The summed E-state index contributed by atoms with van der Waals surface area (Å²) in [6.45, 7) is 11.4. The fourth-order valence-electron chi connectivity index (χ4n) is 1.83. The first-order valence-corrected chi connectivity index (χ1v) is 8.89. The lowest BCUT2D eigenvalue weighted by Crippen LogP contribution is -2.25. The first kappa shape index (κ1) is 17.0. The van der Waals surface area contributed by atoms with Crippen LogP contribution in [0, 0.1) is 11.3 Å². The molecule has 0 radical (unpaired) electrons. The predicted molar refractivity (Wildman–Crippen MR) is 85.9 cm³/mol. The molecule has 0 heterocycles. The summed E-state index contributed by atoms with van der Waals surface area (Å²) in [6.07, 6.45) is 0.634. The molecule has 0 aliphatic heterocycles. The summed E-state index contributed by atoms with van der Waals surface area (Å²) in [5, 5.41) is 3.30. The van der Waals surface area contributed by atoms with Crippen molar-refractivity contribution in [3.8, 4) is 0 Å². The molecule has 0 amide bonds. The van der Waals surface area contributed by atoms with Crippen LogP contribution in [-0.2, 0) is 9.84 Å². The molecule has 1 unspecified atom stereocenters. The van der Waals surface area contributed by atoms with E-state index in [2.05, 4.69) is 33.0 Å². The van der Waals surface area contributed by atoms with Crippen LogP contribution in [0.5, 0.6) is 0 Å². The van der Waals surface area contributed by atoms with E-state index in [0.29, 0.717) is 17.2 Å². The SMILES string of the molecule is CCCS(=O)(=O)c1ccccc1NCC(C)C(C)(C)C. The number of hydrogen-bond donors (Lipinski definition) is 1. The lowest BCUT2D eigenvalue weighted by Gasteiger charge is -2.28. The smallest absolute Gasteiger partial charge is 0.180 e. The van der Waals surface area contributed by atoms with Gasteiger partial charge >= 0.3 is 0 Å². The van der Waals surface area contributed by atoms with E-state index < -0.39 is 9.84 Å². The molecule has 0 saturated heterocycles. The highest BCUT2D eigenvalue weighted by molar-refractivity contribution is 7.91. The largest absolute Gasteiger partial charge is 0.384 e. The Morgan fingerprint density at radius 3 is 2.35 bits per heavy atom. The second-order valence-corrected chi connectivity index (χ2v) is 8.54. The predicted octanol–water partition coefficient (Wildman–Crippen LogP) is 3.96. The maximum absolute atomic E-state index is 12.3. The van der Waals surface area contributed by atoms with Crippen molar-refractivity contribution in [1.82, 2.24) is 0 Å². The van der Waals surface area contributed by atoms with Gasteiger partial charge in [-0.25, -0.2) is 8.42 Å². The van der Waals surface area contributed by atoms with Crippen molar-refractivity contribution in [2.24, 2.45) is 11.3 Å². The molecule has 0 bridgehead atoms. The molecule has 1 rings (SSSR count). The normalized spacial score (nSPS) is 14.1. The number of rotatable bonds is 6. The number of nitrogens with one attached hydrogen (secondary N) is 1. The highest BCUT2D eigenvalue weighted by atomic mass is 32.2. The highest BCUT2D eigenvalue weighted by Crippen LogP contribution is 2.27. The molecule has 0 aliphatic rings. The molecule has 0 spiro atoms. The minimum Gasteiger partial charge on any atom is -0.384 e. The van der Waals surface area contributed by atoms with Crippen LogP contribution in [0.25, 0.3) is 0 Å². The first-order valence-electron chi connectivity index (χ1n) is 7.24. The van der Waals surface area contributed by atoms with Gasteiger partial charge in [-0.15, -0.1) is 0 Å². The number of hydrogen-bond acceptors (Lipinski definition) is 3. The van der Waals surface area contributed by atoms with Gasteiger partial charge in [-0.2, -0.15) is 0 Å². The minimum absolute atomic E-state index is 0.195. The zero-order valence-electron chi connectivity index (χ0n) is 13.2. The van der Waals surface area contributed by atoms with Crippen LogP contribution in [-0.4, -0.2) is 20.7 Å². The topological polar surface area (TPSA) is 46.2 Å². The van der Waals surface area contributed by atoms with Crippen molar-refractivity contribution in [3.05, 3.63) is 24.3 Å². The Morgan fingerprint density at radius 1 is 1.20 bits per heavy atom. The average molecular weight is 297 g/mol. The maximum atomic E-state index is 12.3. The van der Waals surface area contributed by atoms with E-state index in [1.54, 1.807) is 12.1 Å². The minimum atomic E-state index is -3.19. The third-order valence-corrected chi connectivity index (χ3v) is 5.74. The summed E-state index contributed by atoms with van der Waals surface area (Å²) >= 11 is 0. The Morgan fingerprint density at radius 2 is 1.80 bits per heavy atom. The molecule has 4 heteroatoms. The van der Waals surface area contributed by atoms with Crippen LogP contribution in [0.15, 0.2) is 29.2 Å². The standard InChI is InChI=1S/C16H27NO2S/c1-6-11-20(18,19)15-10-8-7-9-14(15)17-12-13(2)16(3,4)5/h7-10,13,17H,6,11-12H2,1-5H3. The van der Waals surface area contributed by atoms with Gasteiger partial charge in [0, 0.05) is 6.54 Å². The molecule has 114 valence electrons. The van der Waals surface area contributed by atoms with Crippen molar-refractivity contribution >= 4 is 15.5 Å². The Kier molecular flexibility index (Phi) is 5.63. The van der Waals surface area contributed by atoms with Gasteiger partial charge in [-0.05, 0) is 29.9 Å². The fourth-order valence-corrected chi connectivity index (χ4v) is 3.35. The van der Waals surface area contributed by atoms with E-state index in [1.807, 2.05) is 19.1 Å². The van der Waals surface area contributed by atoms with Crippen LogP contribution in [0.1, 0.15) is 41.0 Å². The Hall–Kier alpha value is -1.03.